The van der Waals surface area contributed by atoms with E-state index in [4.69, 9.17) is 37.9 Å². The summed E-state index contributed by atoms with van der Waals surface area (Å²) in [7, 11) is 1.59. The van der Waals surface area contributed by atoms with E-state index in [0.29, 0.717) is 77.5 Å². The lowest BCUT2D eigenvalue weighted by Gasteiger charge is -2.16. The van der Waals surface area contributed by atoms with E-state index in [1.165, 1.54) is 4.40 Å². The van der Waals surface area contributed by atoms with Gasteiger partial charge in [-0.25, -0.2) is 9.97 Å². The molecule has 0 radical (unpaired) electrons. The predicted molar refractivity (Wildman–Crippen MR) is 203 cm³/mol. The van der Waals surface area contributed by atoms with Crippen LogP contribution in [0.1, 0.15) is 42.5 Å². The van der Waals surface area contributed by atoms with Crippen LogP contribution in [-0.4, -0.2) is 58.5 Å². The van der Waals surface area contributed by atoms with Crippen molar-refractivity contribution in [3.05, 3.63) is 104 Å². The Morgan fingerprint density at radius 3 is 2.06 bits per heavy atom. The zero-order valence-electron chi connectivity index (χ0n) is 28.9. The van der Waals surface area contributed by atoms with E-state index in [-0.39, 0.29) is 29.5 Å². The van der Waals surface area contributed by atoms with Crippen molar-refractivity contribution in [2.45, 2.75) is 57.8 Å². The Hall–Kier alpha value is -4.81. The van der Waals surface area contributed by atoms with Gasteiger partial charge in [-0.15, -0.1) is 0 Å². The van der Waals surface area contributed by atoms with Crippen LogP contribution in [0.2, 0.25) is 10.0 Å². The Kier molecular flexibility index (Phi) is 10.6. The number of hydrogen-bond donors (Lipinski definition) is 4. The lowest BCUT2D eigenvalue weighted by Crippen LogP contribution is -2.36. The van der Waals surface area contributed by atoms with E-state index in [9.17, 15) is 14.4 Å². The number of benzene rings is 2. The maximum absolute atomic E-state index is 13.3. The van der Waals surface area contributed by atoms with Crippen LogP contribution in [0.3, 0.4) is 0 Å². The molecule has 13 heteroatoms. The Balaban J connectivity index is 1.13. The average Bonchev–Trinajstić information content (AvgIpc) is 3.77. The van der Waals surface area contributed by atoms with Crippen molar-refractivity contribution in [1.29, 1.82) is 0 Å². The monoisotopic (exact) mass is 739 g/mol. The molecule has 2 fully saturated rings. The molecule has 0 aliphatic carbocycles. The van der Waals surface area contributed by atoms with Crippen molar-refractivity contribution < 1.29 is 14.3 Å². The Labute approximate surface area is 311 Å². The van der Waals surface area contributed by atoms with E-state index in [1.54, 1.807) is 20.2 Å². The number of methoxy groups -OCH3 is 1. The van der Waals surface area contributed by atoms with Crippen LogP contribution in [0.25, 0.3) is 39.2 Å². The lowest BCUT2D eigenvalue weighted by molar-refractivity contribution is -0.120. The van der Waals surface area contributed by atoms with Crippen LogP contribution < -0.4 is 31.6 Å². The smallest absolute Gasteiger partial charge is 0.261 e. The van der Waals surface area contributed by atoms with Gasteiger partial charge in [-0.1, -0.05) is 65.7 Å². The molecule has 4 N–H and O–H groups in total. The number of fused-ring (bicyclic) bond motifs is 1. The first-order valence-electron chi connectivity index (χ1n) is 17.3. The zero-order valence-corrected chi connectivity index (χ0v) is 30.4. The topological polar surface area (TPSA) is 139 Å². The first kappa shape index (κ1) is 35.6. The molecule has 0 spiro atoms. The third kappa shape index (κ3) is 7.40. The van der Waals surface area contributed by atoms with Crippen molar-refractivity contribution in [3.63, 3.8) is 0 Å². The van der Waals surface area contributed by atoms with E-state index < -0.39 is 0 Å². The largest absolute Gasteiger partial charge is 0.481 e. The number of aromatic nitrogens is 3. The molecule has 0 saturated carbocycles. The normalized spacial score (nSPS) is 17.1. The van der Waals surface area contributed by atoms with Gasteiger partial charge in [0.1, 0.15) is 5.65 Å². The fourth-order valence-electron chi connectivity index (χ4n) is 6.85. The summed E-state index contributed by atoms with van der Waals surface area (Å²) >= 11 is 14.3. The number of nitrogens with zero attached hydrogens (tertiary/aromatic N) is 3. The van der Waals surface area contributed by atoms with Gasteiger partial charge < -0.3 is 26.0 Å². The third-order valence-corrected chi connectivity index (χ3v) is 10.5. The molecule has 5 aromatic rings. The second kappa shape index (κ2) is 15.4. The molecule has 0 unspecified atom stereocenters. The van der Waals surface area contributed by atoms with Crippen LogP contribution >= 0.6 is 23.2 Å². The number of carbonyl (C=O) groups is 2. The summed E-state index contributed by atoms with van der Waals surface area (Å²) < 4.78 is 7.19. The summed E-state index contributed by atoms with van der Waals surface area (Å²) in [5, 5.41) is 13.7. The number of carbonyl (C=O) groups excluding carboxylic acids is 2. The fourth-order valence-corrected chi connectivity index (χ4v) is 7.51. The number of nitrogens with one attached hydrogen (secondary N) is 4. The second-order valence-corrected chi connectivity index (χ2v) is 14.0. The van der Waals surface area contributed by atoms with Gasteiger partial charge in [0.2, 0.25) is 17.7 Å². The fraction of sp³-hybridized carbons (Fsp3) is 0.308. The minimum Gasteiger partial charge on any atom is -0.481 e. The number of rotatable bonds is 12. The minimum atomic E-state index is -0.139. The van der Waals surface area contributed by atoms with E-state index >= 15 is 0 Å². The Morgan fingerprint density at radius 2 is 1.42 bits per heavy atom. The van der Waals surface area contributed by atoms with Crippen molar-refractivity contribution in [2.75, 3.05) is 20.2 Å². The van der Waals surface area contributed by atoms with Gasteiger partial charge in [0, 0.05) is 90.7 Å². The van der Waals surface area contributed by atoms with E-state index in [1.807, 2.05) is 60.7 Å². The SMILES string of the molecule is COc1nc(-c2cccc(-c3cccc(-c4ccn5c(=O)c(C)c(CNC[C@H]6CCC(=O)N6)nc5c4)c3Cl)c2Cl)ccc1CNC[C@H]1CCC(=O)N1. The maximum atomic E-state index is 13.3. The highest BCUT2D eigenvalue weighted by Crippen LogP contribution is 2.42. The summed E-state index contributed by atoms with van der Waals surface area (Å²) in [6.45, 7) is 3.99. The highest BCUT2D eigenvalue weighted by Gasteiger charge is 2.22. The van der Waals surface area contributed by atoms with E-state index in [0.717, 1.165) is 46.2 Å². The van der Waals surface area contributed by atoms with Gasteiger partial charge in [-0.2, -0.15) is 0 Å². The number of ether oxygens (including phenoxy) is 1. The molecule has 2 aliphatic rings. The van der Waals surface area contributed by atoms with Crippen LogP contribution in [0.4, 0.5) is 0 Å². The van der Waals surface area contributed by atoms with Crippen molar-refractivity contribution >= 4 is 40.7 Å². The van der Waals surface area contributed by atoms with Gasteiger partial charge in [-0.3, -0.25) is 18.8 Å². The third-order valence-electron chi connectivity index (χ3n) is 9.72. The number of hydrogen-bond acceptors (Lipinski definition) is 8. The molecule has 2 saturated heterocycles. The standard InChI is InChI=1S/C39H39Cl2N7O4/c1-22-32(21-43-20-26-11-14-35(50)45-26)46-33-17-23(15-16-48(33)39(22)51)27-5-3-6-28(36(27)40)29-7-4-8-30(37(29)41)31-12-9-24(38(47-31)52-2)18-42-19-25-10-13-34(49)44-25/h3-9,12,15-17,25-26,42-43H,10-11,13-14,18-21H2,1-2H3,(H,44,49)(H,45,50)/t25-,26-/m1/s1. The van der Waals surface area contributed by atoms with Crippen LogP contribution in [0.15, 0.2) is 71.7 Å². The molecular formula is C39H39Cl2N7O4. The summed E-state index contributed by atoms with van der Waals surface area (Å²) in [6.07, 6.45) is 4.44. The molecule has 268 valence electrons. The summed E-state index contributed by atoms with van der Waals surface area (Å²) in [5.41, 5.74) is 6.92. The number of halogens is 2. The quantitative estimate of drug-likeness (QED) is 0.133. The molecule has 2 amide bonds. The molecule has 2 atom stereocenters. The van der Waals surface area contributed by atoms with Crippen LogP contribution in [0.5, 0.6) is 5.88 Å². The van der Waals surface area contributed by atoms with Gasteiger partial charge in [-0.05, 0) is 43.5 Å². The van der Waals surface area contributed by atoms with Crippen LogP contribution in [-0.2, 0) is 22.7 Å². The Morgan fingerprint density at radius 1 is 0.808 bits per heavy atom. The molecule has 7 rings (SSSR count). The first-order chi connectivity index (χ1) is 25.2. The highest BCUT2D eigenvalue weighted by molar-refractivity contribution is 6.39. The maximum Gasteiger partial charge on any atom is 0.261 e. The molecule has 2 aromatic carbocycles. The molecule has 2 aliphatic heterocycles. The van der Waals surface area contributed by atoms with Crippen molar-refractivity contribution in [3.8, 4) is 39.4 Å². The van der Waals surface area contributed by atoms with Gasteiger partial charge in [0.25, 0.3) is 5.56 Å². The molecule has 0 bridgehead atoms. The van der Waals surface area contributed by atoms with E-state index in [2.05, 4.69) is 21.3 Å². The van der Waals surface area contributed by atoms with Gasteiger partial charge >= 0.3 is 0 Å². The molecule has 52 heavy (non-hydrogen) atoms. The average molecular weight is 741 g/mol. The summed E-state index contributed by atoms with van der Waals surface area (Å²) in [5.74, 6) is 0.646. The molecular weight excluding hydrogens is 701 g/mol. The molecule has 5 heterocycles. The molecule has 3 aromatic heterocycles. The highest BCUT2D eigenvalue weighted by atomic mass is 35.5. The van der Waals surface area contributed by atoms with Crippen molar-refractivity contribution in [1.82, 2.24) is 35.6 Å². The zero-order chi connectivity index (χ0) is 36.4. The number of amides is 2. The second-order valence-electron chi connectivity index (χ2n) is 13.2. The van der Waals surface area contributed by atoms with Crippen molar-refractivity contribution in [2.24, 2.45) is 0 Å². The van der Waals surface area contributed by atoms with Crippen LogP contribution in [0, 0.1) is 6.92 Å². The summed E-state index contributed by atoms with van der Waals surface area (Å²) in [6, 6.07) is 19.4. The minimum absolute atomic E-state index is 0.0661. The number of pyridine rings is 2. The predicted octanol–water partition coefficient (Wildman–Crippen LogP) is 5.45. The lowest BCUT2D eigenvalue weighted by atomic mass is 9.97. The Bertz CT molecular complexity index is 2240. The summed E-state index contributed by atoms with van der Waals surface area (Å²) in [4.78, 5) is 46.0. The van der Waals surface area contributed by atoms with Gasteiger partial charge in [0.15, 0.2) is 0 Å². The molecule has 11 nitrogen and oxygen atoms in total. The van der Waals surface area contributed by atoms with Gasteiger partial charge in [0.05, 0.1) is 28.5 Å². The first-order valence-corrected chi connectivity index (χ1v) is 18.1.